The fourth-order valence-corrected chi connectivity index (χ4v) is 1.82. The minimum Gasteiger partial charge on any atom is -0.476 e. The fraction of sp³-hybridized carbons (Fsp3) is 0.667. The molecule has 1 aliphatic rings. The molecule has 1 fully saturated rings. The summed E-state index contributed by atoms with van der Waals surface area (Å²) in [5.74, 6) is -12.9. The van der Waals surface area contributed by atoms with Crippen LogP contribution < -0.4 is 0 Å². The molecule has 1 aliphatic heterocycles. The van der Waals surface area contributed by atoms with Crippen molar-refractivity contribution in [2.24, 2.45) is 0 Å². The van der Waals surface area contributed by atoms with Crippen LogP contribution in [-0.4, -0.2) is 118 Å². The van der Waals surface area contributed by atoms with Gasteiger partial charge in [0.1, 0.15) is 18.3 Å². The number of carbonyl (C=O) groups excluding carboxylic acids is 3. The van der Waals surface area contributed by atoms with Gasteiger partial charge in [-0.3, -0.25) is 0 Å². The van der Waals surface area contributed by atoms with Crippen LogP contribution in [-0.2, 0) is 33.7 Å². The van der Waals surface area contributed by atoms with E-state index in [-0.39, 0.29) is 0 Å². The molecule has 28 heavy (non-hydrogen) atoms. The van der Waals surface area contributed by atoms with E-state index in [1.54, 1.807) is 0 Å². The van der Waals surface area contributed by atoms with Crippen LogP contribution in [0.1, 0.15) is 0 Å². The first-order chi connectivity index (χ1) is 12.8. The molecule has 8 unspecified atom stereocenters. The third-order valence-electron chi connectivity index (χ3n) is 3.54. The molecule has 1 saturated heterocycles. The zero-order valence-corrected chi connectivity index (χ0v) is 13.4. The van der Waals surface area contributed by atoms with E-state index in [1.165, 1.54) is 0 Å². The van der Waals surface area contributed by atoms with Crippen molar-refractivity contribution in [2.45, 2.75) is 48.5 Å². The van der Waals surface area contributed by atoms with Gasteiger partial charge in [-0.05, 0) is 0 Å². The van der Waals surface area contributed by atoms with Crippen LogP contribution in [0.15, 0.2) is 0 Å². The Labute approximate surface area is 153 Å². The molecular weight excluding hydrogens is 400 g/mol. The summed E-state index contributed by atoms with van der Waals surface area (Å²) < 4.78 is 3.93. The second-order valence-electron chi connectivity index (χ2n) is 5.48. The number of aliphatic carboxylic acids is 1. The van der Waals surface area contributed by atoms with Gasteiger partial charge < -0.3 is 50.7 Å². The predicted octanol–water partition coefficient (Wildman–Crippen LogP) is -7.16. The van der Waals surface area contributed by atoms with E-state index in [0.29, 0.717) is 0 Å². The molecule has 0 radical (unpaired) electrons. The number of hydrogen-bond acceptors (Lipinski definition) is 15. The van der Waals surface area contributed by atoms with Gasteiger partial charge in [0.25, 0.3) is 0 Å². The maximum Gasteiger partial charge on any atom is 0.386 e. The molecule has 16 heteroatoms. The maximum atomic E-state index is 11.7. The Kier molecular flexibility index (Phi) is 7.34. The number of cyclic esters (lactones) is 1. The molecule has 0 bridgehead atoms. The van der Waals surface area contributed by atoms with E-state index >= 15 is 0 Å². The molecule has 0 amide bonds. The number of carboxylic acid groups (broad SMARTS) is 1. The number of aliphatic hydroxyl groups excluding tert-OH is 7. The quantitative estimate of drug-likeness (QED) is 0.142. The maximum absolute atomic E-state index is 11.7. The van der Waals surface area contributed by atoms with E-state index in [1.807, 2.05) is 0 Å². The summed E-state index contributed by atoms with van der Waals surface area (Å²) in [7, 11) is 0. The highest BCUT2D eigenvalue weighted by Gasteiger charge is 2.55. The van der Waals surface area contributed by atoms with Crippen LogP contribution >= 0.6 is 0 Å². The molecule has 0 aromatic rings. The summed E-state index contributed by atoms with van der Waals surface area (Å²) in [6.07, 6.45) is -20.1. The van der Waals surface area contributed by atoms with Gasteiger partial charge in [0, 0.05) is 0 Å². The number of carboxylic acids is 1. The molecule has 16 nitrogen and oxygen atoms in total. The number of esters is 1. The third-order valence-corrected chi connectivity index (χ3v) is 3.54. The molecule has 1 rings (SSSR count). The molecular formula is C12H16O16. The molecule has 0 aromatic heterocycles. The molecule has 0 spiro atoms. The Morgan fingerprint density at radius 1 is 0.714 bits per heavy atom. The molecule has 8 atom stereocenters. The summed E-state index contributed by atoms with van der Waals surface area (Å²) >= 11 is 0. The van der Waals surface area contributed by atoms with Gasteiger partial charge >= 0.3 is 29.7 Å². The highest BCUT2D eigenvalue weighted by molar-refractivity contribution is 5.84. The number of aliphatic hydroxyl groups is 8. The lowest BCUT2D eigenvalue weighted by molar-refractivity contribution is -0.289. The van der Waals surface area contributed by atoms with Gasteiger partial charge in [-0.25, -0.2) is 29.0 Å². The third kappa shape index (κ3) is 4.51. The number of rotatable bonds is 1. The zero-order chi connectivity index (χ0) is 22.0. The van der Waals surface area contributed by atoms with Crippen molar-refractivity contribution < 1.29 is 79.6 Å². The molecule has 1 heterocycles. The summed E-state index contributed by atoms with van der Waals surface area (Å²) in [4.78, 5) is 53.1. The smallest absolute Gasteiger partial charge is 0.386 e. The second kappa shape index (κ2) is 8.71. The topological polar surface area (TPSA) is 278 Å². The van der Waals surface area contributed by atoms with E-state index in [2.05, 4.69) is 14.5 Å². The van der Waals surface area contributed by atoms with Crippen molar-refractivity contribution in [1.82, 2.24) is 0 Å². The van der Waals surface area contributed by atoms with Crippen LogP contribution in [0, 0.1) is 0 Å². The van der Waals surface area contributed by atoms with E-state index < -0.39 is 72.4 Å². The van der Waals surface area contributed by atoms with Gasteiger partial charge in [-0.1, -0.05) is 0 Å². The second-order valence-corrected chi connectivity index (χ2v) is 5.48. The van der Waals surface area contributed by atoms with Crippen LogP contribution in [0.2, 0.25) is 0 Å². The van der Waals surface area contributed by atoms with Gasteiger partial charge in [0.15, 0.2) is 24.4 Å². The number of ether oxygens (including phenoxy) is 1. The van der Waals surface area contributed by atoms with Crippen molar-refractivity contribution in [1.29, 1.82) is 0 Å². The predicted molar refractivity (Wildman–Crippen MR) is 72.9 cm³/mol. The van der Waals surface area contributed by atoms with Crippen LogP contribution in [0.3, 0.4) is 0 Å². The average Bonchev–Trinajstić information content (AvgIpc) is 2.66. The Hall–Kier alpha value is -2.44. The normalized spacial score (nSPS) is 41.3. The van der Waals surface area contributed by atoms with Gasteiger partial charge in [0.05, 0.1) is 0 Å². The Balaban J connectivity index is 3.36. The Bertz CT molecular complexity index is 633. The van der Waals surface area contributed by atoms with Crippen molar-refractivity contribution in [3.8, 4) is 0 Å². The summed E-state index contributed by atoms with van der Waals surface area (Å²) in [6.45, 7) is 0. The average molecular weight is 416 g/mol. The molecule has 0 aliphatic carbocycles. The standard InChI is InChI=1S/C12H16O16/c13-1-2(14)5(17)9(21)27-28-10(22)6(18)3(15)7(19)12(25,11(23)24)26-8(20)4(1)16/h1-7,13-19,25H,(H,23,24). The monoisotopic (exact) mass is 416 g/mol. The number of carbonyl (C=O) groups is 4. The van der Waals surface area contributed by atoms with Crippen molar-refractivity contribution >= 4 is 23.9 Å². The molecule has 160 valence electrons. The van der Waals surface area contributed by atoms with Crippen molar-refractivity contribution in [3.05, 3.63) is 0 Å². The minimum atomic E-state index is -4.09. The Morgan fingerprint density at radius 3 is 1.46 bits per heavy atom. The van der Waals surface area contributed by atoms with Gasteiger partial charge in [-0.15, -0.1) is 0 Å². The van der Waals surface area contributed by atoms with E-state index in [0.717, 1.165) is 0 Å². The number of hydrogen-bond donors (Lipinski definition) is 9. The first-order valence-electron chi connectivity index (χ1n) is 7.13. The fourth-order valence-electron chi connectivity index (χ4n) is 1.82. The molecule has 0 saturated carbocycles. The SMILES string of the molecule is O=C1OOC(=O)C(O)C(O)C(O)C(O)(C(=O)O)OC(=O)C(O)C(O)C(O)C1O. The highest BCUT2D eigenvalue weighted by atomic mass is 17.2. The van der Waals surface area contributed by atoms with Crippen molar-refractivity contribution in [2.75, 3.05) is 0 Å². The van der Waals surface area contributed by atoms with Crippen LogP contribution in [0.25, 0.3) is 0 Å². The van der Waals surface area contributed by atoms with Gasteiger partial charge in [0.2, 0.25) is 0 Å². The lowest BCUT2D eigenvalue weighted by atomic mass is 9.99. The van der Waals surface area contributed by atoms with Crippen molar-refractivity contribution in [3.63, 3.8) is 0 Å². The van der Waals surface area contributed by atoms with E-state index in [4.69, 9.17) is 5.11 Å². The first-order valence-corrected chi connectivity index (χ1v) is 7.13. The molecule has 9 N–H and O–H groups in total. The lowest BCUT2D eigenvalue weighted by Gasteiger charge is -2.33. The summed E-state index contributed by atoms with van der Waals surface area (Å²) in [5, 5.41) is 85.7. The summed E-state index contributed by atoms with van der Waals surface area (Å²) in [5.41, 5.74) is 0. The van der Waals surface area contributed by atoms with Gasteiger partial charge in [-0.2, -0.15) is 0 Å². The zero-order valence-electron chi connectivity index (χ0n) is 13.4. The van der Waals surface area contributed by atoms with Crippen LogP contribution in [0.5, 0.6) is 0 Å². The molecule has 0 aromatic carbocycles. The minimum absolute atomic E-state index is 1.97. The van der Waals surface area contributed by atoms with E-state index in [9.17, 15) is 60.0 Å². The lowest BCUT2D eigenvalue weighted by Crippen LogP contribution is -2.62. The first kappa shape index (κ1) is 23.6. The summed E-state index contributed by atoms with van der Waals surface area (Å²) in [6, 6.07) is 0. The highest BCUT2D eigenvalue weighted by Crippen LogP contribution is 2.22. The largest absolute Gasteiger partial charge is 0.476 e. The van der Waals surface area contributed by atoms with Crippen LogP contribution in [0.4, 0.5) is 0 Å². The Morgan fingerprint density at radius 2 is 1.07 bits per heavy atom.